The molecule has 2 N–H and O–H groups in total. The smallest absolute Gasteiger partial charge is 0.403 e. The van der Waals surface area contributed by atoms with Crippen LogP contribution in [0.5, 0.6) is 0 Å². The van der Waals surface area contributed by atoms with Gasteiger partial charge in [0.1, 0.15) is 0 Å². The Balaban J connectivity index is 0.00000241. The Hall–Kier alpha value is -3.90. The molecule has 0 bridgehead atoms. The summed E-state index contributed by atoms with van der Waals surface area (Å²) in [6.45, 7) is 1.71. The molecule has 0 aliphatic heterocycles. The number of anilines is 2. The van der Waals surface area contributed by atoms with Crippen molar-refractivity contribution in [2.45, 2.75) is 6.42 Å². The van der Waals surface area contributed by atoms with Crippen LogP contribution in [0.15, 0.2) is 81.6 Å². The summed E-state index contributed by atoms with van der Waals surface area (Å²) in [6, 6.07) is 15.8. The Morgan fingerprint density at radius 2 is 1.03 bits per heavy atom. The minimum Gasteiger partial charge on any atom is -1.00 e. The van der Waals surface area contributed by atoms with Crippen molar-refractivity contribution in [1.29, 1.82) is 0 Å². The van der Waals surface area contributed by atoms with Gasteiger partial charge in [0.25, 0.3) is 0 Å². The van der Waals surface area contributed by atoms with Gasteiger partial charge in [-0.3, -0.25) is 0 Å². The second kappa shape index (κ2) is 14.0. The van der Waals surface area contributed by atoms with Gasteiger partial charge in [-0.25, -0.2) is 9.13 Å². The van der Waals surface area contributed by atoms with Gasteiger partial charge in [0.05, 0.1) is 39.6 Å². The highest BCUT2D eigenvalue weighted by atomic mass is 35.5. The minimum absolute atomic E-state index is 0. The van der Waals surface area contributed by atoms with E-state index in [1.54, 1.807) is 22.0 Å². The molecular formula is C23H30Cl2N12. The van der Waals surface area contributed by atoms with Crippen molar-refractivity contribution >= 4 is 34.6 Å². The van der Waals surface area contributed by atoms with E-state index in [1.165, 1.54) is 0 Å². The lowest BCUT2D eigenvalue weighted by Gasteiger charge is -2.08. The van der Waals surface area contributed by atoms with Crippen molar-refractivity contribution in [1.82, 2.24) is 19.6 Å². The SMILES string of the molecule is Cn1nc[n+](C)c1N=Nc1ccc(NCCCNc2ccc(N=Nc3n(C)nc[n+]3C)cc2)cc1.[Cl-].[Cl-]. The van der Waals surface area contributed by atoms with E-state index >= 15 is 0 Å². The fraction of sp³-hybridized carbons (Fsp3) is 0.304. The molecule has 12 nitrogen and oxygen atoms in total. The molecule has 14 heteroatoms. The Morgan fingerprint density at radius 1 is 0.649 bits per heavy atom. The van der Waals surface area contributed by atoms with Gasteiger partial charge in [-0.2, -0.15) is 0 Å². The van der Waals surface area contributed by atoms with Crippen LogP contribution in [-0.4, -0.2) is 32.7 Å². The molecule has 4 rings (SSSR count). The highest BCUT2D eigenvalue weighted by molar-refractivity contribution is 5.51. The van der Waals surface area contributed by atoms with E-state index in [9.17, 15) is 0 Å². The van der Waals surface area contributed by atoms with Gasteiger partial charge in [0, 0.05) is 34.7 Å². The summed E-state index contributed by atoms with van der Waals surface area (Å²) in [7, 11) is 7.44. The predicted molar refractivity (Wildman–Crippen MR) is 132 cm³/mol. The molecule has 196 valence electrons. The average Bonchev–Trinajstić information content (AvgIpc) is 3.37. The number of azo groups is 2. The van der Waals surface area contributed by atoms with Crippen LogP contribution in [0.1, 0.15) is 6.42 Å². The van der Waals surface area contributed by atoms with E-state index in [1.807, 2.05) is 85.9 Å². The third-order valence-corrected chi connectivity index (χ3v) is 5.26. The number of hydrogen-bond donors (Lipinski definition) is 2. The topological polar surface area (TPSA) is 117 Å². The van der Waals surface area contributed by atoms with Crippen molar-refractivity contribution in [3.8, 4) is 0 Å². The Morgan fingerprint density at radius 3 is 1.35 bits per heavy atom. The zero-order chi connectivity index (χ0) is 24.6. The number of hydrogen-bond acceptors (Lipinski definition) is 8. The summed E-state index contributed by atoms with van der Waals surface area (Å²) in [5.74, 6) is 1.36. The largest absolute Gasteiger partial charge is 1.00 e. The number of aromatic nitrogens is 6. The van der Waals surface area contributed by atoms with Crippen molar-refractivity contribution in [2.24, 2.45) is 48.6 Å². The summed E-state index contributed by atoms with van der Waals surface area (Å²) >= 11 is 0. The van der Waals surface area contributed by atoms with Crippen LogP contribution in [0.25, 0.3) is 0 Å². The van der Waals surface area contributed by atoms with Crippen molar-refractivity contribution in [3.05, 3.63) is 61.2 Å². The molecule has 2 aromatic carbocycles. The third kappa shape index (κ3) is 8.05. The van der Waals surface area contributed by atoms with Crippen molar-refractivity contribution < 1.29 is 33.9 Å². The molecule has 0 atom stereocenters. The normalized spacial score (nSPS) is 10.9. The first-order chi connectivity index (χ1) is 17.0. The first-order valence-electron chi connectivity index (χ1n) is 11.3. The molecule has 0 radical (unpaired) electrons. The van der Waals surface area contributed by atoms with Crippen LogP contribution in [0, 0.1) is 0 Å². The maximum Gasteiger partial charge on any atom is 0.403 e. The average molecular weight is 545 g/mol. The molecule has 37 heavy (non-hydrogen) atoms. The molecule has 0 amide bonds. The Kier molecular flexibility index (Phi) is 11.1. The standard InChI is InChI=1S/C23H28N12.2ClH/c1-32-16-26-34(3)22(32)30-28-20-10-6-18(7-11-20)24-14-5-15-25-19-8-12-21(13-9-19)29-31-23-33(2)17-27-35(23)4;;/h6-13,16-17H,5,14-15H2,1-4H3;2*1H. The maximum absolute atomic E-state index is 4.28. The fourth-order valence-electron chi connectivity index (χ4n) is 3.29. The van der Waals surface area contributed by atoms with Gasteiger partial charge in [-0.15, -0.1) is 9.36 Å². The zero-order valence-corrected chi connectivity index (χ0v) is 22.6. The van der Waals surface area contributed by atoms with Crippen LogP contribution in [-0.2, 0) is 28.2 Å². The van der Waals surface area contributed by atoms with E-state index in [4.69, 9.17) is 0 Å². The summed E-state index contributed by atoms with van der Waals surface area (Å²) in [6.07, 6.45) is 4.36. The second-order valence-electron chi connectivity index (χ2n) is 8.03. The number of rotatable bonds is 10. The van der Waals surface area contributed by atoms with E-state index in [0.717, 1.165) is 42.3 Å². The van der Waals surface area contributed by atoms with Gasteiger partial charge >= 0.3 is 11.9 Å². The Labute approximate surface area is 228 Å². The quantitative estimate of drug-likeness (QED) is 0.131. The zero-order valence-electron chi connectivity index (χ0n) is 21.1. The first kappa shape index (κ1) is 29.3. The van der Waals surface area contributed by atoms with Crippen molar-refractivity contribution in [2.75, 3.05) is 23.7 Å². The summed E-state index contributed by atoms with van der Waals surface area (Å²) in [4.78, 5) is 0. The van der Waals surface area contributed by atoms with E-state index in [2.05, 4.69) is 41.3 Å². The highest BCUT2D eigenvalue weighted by Gasteiger charge is 2.12. The summed E-state index contributed by atoms with van der Waals surface area (Å²) < 4.78 is 6.99. The van der Waals surface area contributed by atoms with Crippen LogP contribution < -0.4 is 44.6 Å². The number of halogens is 2. The van der Waals surface area contributed by atoms with Crippen molar-refractivity contribution in [3.63, 3.8) is 0 Å². The number of aryl methyl sites for hydroxylation is 4. The van der Waals surface area contributed by atoms with Crippen LogP contribution in [0.3, 0.4) is 0 Å². The predicted octanol–water partition coefficient (Wildman–Crippen LogP) is -2.44. The molecule has 0 unspecified atom stereocenters. The Bertz CT molecular complexity index is 1170. The molecule has 0 saturated carbocycles. The molecule has 2 aromatic heterocycles. The molecular weight excluding hydrogens is 515 g/mol. The lowest BCUT2D eigenvalue weighted by molar-refractivity contribution is -0.659. The molecule has 0 aliphatic rings. The number of nitrogens with zero attached hydrogens (tertiary/aromatic N) is 10. The lowest BCUT2D eigenvalue weighted by Crippen LogP contribution is -3.00. The fourth-order valence-corrected chi connectivity index (χ4v) is 3.29. The van der Waals surface area contributed by atoms with E-state index in [0.29, 0.717) is 11.9 Å². The minimum atomic E-state index is 0. The molecule has 0 aliphatic carbocycles. The molecule has 0 saturated heterocycles. The van der Waals surface area contributed by atoms with Gasteiger partial charge in [0.15, 0.2) is 0 Å². The third-order valence-electron chi connectivity index (χ3n) is 5.26. The first-order valence-corrected chi connectivity index (χ1v) is 11.3. The highest BCUT2D eigenvalue weighted by Crippen LogP contribution is 2.20. The van der Waals surface area contributed by atoms with Crippen LogP contribution in [0.4, 0.5) is 34.6 Å². The van der Waals surface area contributed by atoms with Gasteiger partial charge in [0.2, 0.25) is 12.7 Å². The number of benzene rings is 2. The monoisotopic (exact) mass is 544 g/mol. The molecule has 0 spiro atoms. The van der Waals surface area contributed by atoms with Gasteiger partial charge < -0.3 is 35.4 Å². The van der Waals surface area contributed by atoms with Gasteiger partial charge in [-0.1, -0.05) is 10.2 Å². The lowest BCUT2D eigenvalue weighted by atomic mass is 10.2. The maximum atomic E-state index is 4.28. The molecule has 0 fully saturated rings. The van der Waals surface area contributed by atoms with Gasteiger partial charge in [-0.05, 0) is 65.1 Å². The summed E-state index contributed by atoms with van der Waals surface area (Å²) in [5, 5.41) is 32.2. The second-order valence-corrected chi connectivity index (χ2v) is 8.03. The molecule has 4 aromatic rings. The van der Waals surface area contributed by atoms with E-state index in [-0.39, 0.29) is 24.8 Å². The molecule has 2 heterocycles. The van der Waals surface area contributed by atoms with E-state index < -0.39 is 0 Å². The van der Waals surface area contributed by atoms with Crippen LogP contribution >= 0.6 is 0 Å². The summed E-state index contributed by atoms with van der Waals surface area (Å²) in [5.41, 5.74) is 3.67. The number of nitrogens with one attached hydrogen (secondary N) is 2. The van der Waals surface area contributed by atoms with Crippen LogP contribution in [0.2, 0.25) is 0 Å².